The fourth-order valence-corrected chi connectivity index (χ4v) is 2.23. The molecule has 4 N–H and O–H groups in total. The summed E-state index contributed by atoms with van der Waals surface area (Å²) in [5, 5.41) is 18.4. The molecule has 0 saturated carbocycles. The Bertz CT molecular complexity index is 733. The maximum absolute atomic E-state index is 12.2. The molecule has 0 spiro atoms. The van der Waals surface area contributed by atoms with Gasteiger partial charge in [0.25, 0.3) is 11.5 Å². The van der Waals surface area contributed by atoms with E-state index in [-0.39, 0.29) is 24.5 Å². The van der Waals surface area contributed by atoms with Gasteiger partial charge in [0.05, 0.1) is 6.61 Å². The van der Waals surface area contributed by atoms with Crippen molar-refractivity contribution < 1.29 is 15.0 Å². The van der Waals surface area contributed by atoms with Gasteiger partial charge in [0, 0.05) is 17.8 Å². The number of primary amides is 1. The first-order valence-corrected chi connectivity index (χ1v) is 6.40. The molecule has 0 aliphatic rings. The molecule has 1 aromatic heterocycles. The van der Waals surface area contributed by atoms with Crippen molar-refractivity contribution in [3.05, 3.63) is 51.9 Å². The second-order valence-electron chi connectivity index (χ2n) is 4.65. The van der Waals surface area contributed by atoms with Crippen molar-refractivity contribution in [1.82, 2.24) is 4.57 Å². The summed E-state index contributed by atoms with van der Waals surface area (Å²) in [5.74, 6) is -0.693. The number of benzene rings is 1. The molecular formula is C15H16N2O4. The third kappa shape index (κ3) is 2.80. The molecule has 0 bridgehead atoms. The lowest BCUT2D eigenvalue weighted by atomic mass is 10.0. The molecule has 0 saturated heterocycles. The average Bonchev–Trinajstić information content (AvgIpc) is 2.44. The molecule has 110 valence electrons. The van der Waals surface area contributed by atoms with E-state index in [0.29, 0.717) is 11.3 Å². The summed E-state index contributed by atoms with van der Waals surface area (Å²) < 4.78 is 1.32. The van der Waals surface area contributed by atoms with Gasteiger partial charge in [-0.3, -0.25) is 9.59 Å². The lowest BCUT2D eigenvalue weighted by molar-refractivity contribution is 0.0998. The van der Waals surface area contributed by atoms with Crippen LogP contribution in [0.2, 0.25) is 0 Å². The largest absolute Gasteiger partial charge is 0.508 e. The van der Waals surface area contributed by atoms with Gasteiger partial charge in [0.2, 0.25) is 0 Å². The van der Waals surface area contributed by atoms with Gasteiger partial charge in [-0.15, -0.1) is 0 Å². The number of hydrogen-bond donors (Lipinski definition) is 3. The van der Waals surface area contributed by atoms with Crippen LogP contribution in [0, 0.1) is 6.92 Å². The highest BCUT2D eigenvalue weighted by Crippen LogP contribution is 2.25. The summed E-state index contributed by atoms with van der Waals surface area (Å²) in [7, 11) is 0. The van der Waals surface area contributed by atoms with E-state index in [4.69, 9.17) is 10.8 Å². The van der Waals surface area contributed by atoms with E-state index in [1.54, 1.807) is 19.1 Å². The molecular weight excluding hydrogens is 272 g/mol. The third-order valence-electron chi connectivity index (χ3n) is 3.33. The number of amides is 1. The second-order valence-corrected chi connectivity index (χ2v) is 4.65. The topological polar surface area (TPSA) is 106 Å². The summed E-state index contributed by atoms with van der Waals surface area (Å²) in [6, 6.07) is 7.83. The summed E-state index contributed by atoms with van der Waals surface area (Å²) in [4.78, 5) is 23.6. The van der Waals surface area contributed by atoms with Gasteiger partial charge in [0.1, 0.15) is 11.3 Å². The number of carbonyl (C=O) groups is 1. The zero-order chi connectivity index (χ0) is 15.6. The van der Waals surface area contributed by atoms with E-state index in [0.717, 1.165) is 5.56 Å². The molecule has 21 heavy (non-hydrogen) atoms. The molecule has 2 aromatic rings. The van der Waals surface area contributed by atoms with E-state index in [9.17, 15) is 14.7 Å². The predicted octanol–water partition coefficient (Wildman–Crippen LogP) is 0.621. The number of rotatable bonds is 4. The Kier molecular flexibility index (Phi) is 4.09. The molecule has 0 radical (unpaired) electrons. The molecule has 6 heteroatoms. The molecule has 0 unspecified atom stereocenters. The lowest BCUT2D eigenvalue weighted by Gasteiger charge is -2.15. The van der Waals surface area contributed by atoms with Gasteiger partial charge in [-0.25, -0.2) is 0 Å². The Balaban J connectivity index is 2.73. The maximum atomic E-state index is 12.2. The molecule has 0 fully saturated rings. The van der Waals surface area contributed by atoms with Gasteiger partial charge in [-0.05, 0) is 30.7 Å². The molecule has 1 amide bonds. The Morgan fingerprint density at radius 1 is 1.29 bits per heavy atom. The van der Waals surface area contributed by atoms with Crippen LogP contribution >= 0.6 is 0 Å². The predicted molar refractivity (Wildman–Crippen MR) is 78.1 cm³/mol. The van der Waals surface area contributed by atoms with Crippen molar-refractivity contribution in [3.8, 4) is 16.9 Å². The first-order valence-electron chi connectivity index (χ1n) is 6.40. The van der Waals surface area contributed by atoms with Crippen LogP contribution < -0.4 is 11.3 Å². The first kappa shape index (κ1) is 14.8. The highest BCUT2D eigenvalue weighted by atomic mass is 16.3. The summed E-state index contributed by atoms with van der Waals surface area (Å²) in [5.41, 5.74) is 6.60. The molecule has 1 aromatic carbocycles. The van der Waals surface area contributed by atoms with E-state index in [1.165, 1.54) is 22.8 Å². The number of aliphatic hydroxyl groups is 1. The average molecular weight is 288 g/mol. The Morgan fingerprint density at radius 3 is 2.43 bits per heavy atom. The van der Waals surface area contributed by atoms with Crippen LogP contribution in [0.3, 0.4) is 0 Å². The molecule has 0 aliphatic carbocycles. The zero-order valence-corrected chi connectivity index (χ0v) is 11.5. The highest BCUT2D eigenvalue weighted by molar-refractivity contribution is 5.94. The number of phenolic OH excluding ortho intramolecular Hbond substituents is 1. The highest BCUT2D eigenvalue weighted by Gasteiger charge is 2.16. The van der Waals surface area contributed by atoms with Crippen LogP contribution in [0.25, 0.3) is 11.1 Å². The number of pyridine rings is 1. The van der Waals surface area contributed by atoms with Gasteiger partial charge < -0.3 is 20.5 Å². The first-order chi connectivity index (χ1) is 9.95. The summed E-state index contributed by atoms with van der Waals surface area (Å²) in [6.45, 7) is 1.58. The van der Waals surface area contributed by atoms with Gasteiger partial charge in [-0.2, -0.15) is 0 Å². The number of hydrogen-bond acceptors (Lipinski definition) is 4. The van der Waals surface area contributed by atoms with E-state index in [2.05, 4.69) is 0 Å². The monoisotopic (exact) mass is 288 g/mol. The van der Waals surface area contributed by atoms with Crippen LogP contribution in [-0.2, 0) is 6.54 Å². The van der Waals surface area contributed by atoms with Crippen LogP contribution in [0.4, 0.5) is 0 Å². The minimum Gasteiger partial charge on any atom is -0.508 e. The molecule has 0 atom stereocenters. The van der Waals surface area contributed by atoms with Crippen molar-refractivity contribution in [2.75, 3.05) is 6.61 Å². The normalized spacial score (nSPS) is 10.6. The number of aromatic nitrogens is 1. The SMILES string of the molecule is Cc1c(-c2ccc(O)cc2)cc(C(N)=O)c(=O)n1CCO. The maximum Gasteiger partial charge on any atom is 0.263 e. The quantitative estimate of drug-likeness (QED) is 0.766. The van der Waals surface area contributed by atoms with Crippen LogP contribution in [0.15, 0.2) is 35.1 Å². The van der Waals surface area contributed by atoms with Crippen molar-refractivity contribution in [1.29, 1.82) is 0 Å². The van der Waals surface area contributed by atoms with Crippen molar-refractivity contribution in [2.45, 2.75) is 13.5 Å². The van der Waals surface area contributed by atoms with Crippen molar-refractivity contribution in [3.63, 3.8) is 0 Å². The Hall–Kier alpha value is -2.60. The molecule has 6 nitrogen and oxygen atoms in total. The van der Waals surface area contributed by atoms with Crippen molar-refractivity contribution in [2.24, 2.45) is 5.73 Å². The van der Waals surface area contributed by atoms with Gasteiger partial charge in [0.15, 0.2) is 0 Å². The van der Waals surface area contributed by atoms with Crippen LogP contribution in [0.1, 0.15) is 16.1 Å². The van der Waals surface area contributed by atoms with E-state index < -0.39 is 11.5 Å². The van der Waals surface area contributed by atoms with E-state index in [1.807, 2.05) is 0 Å². The number of carbonyl (C=O) groups excluding carboxylic acids is 1. The smallest absolute Gasteiger partial charge is 0.263 e. The lowest BCUT2D eigenvalue weighted by Crippen LogP contribution is -2.32. The number of phenols is 1. The van der Waals surface area contributed by atoms with Gasteiger partial charge in [-0.1, -0.05) is 12.1 Å². The molecule has 0 aliphatic heterocycles. The Labute approximate surface area is 121 Å². The van der Waals surface area contributed by atoms with Gasteiger partial charge >= 0.3 is 0 Å². The molecule has 1 heterocycles. The van der Waals surface area contributed by atoms with Crippen LogP contribution in [-0.4, -0.2) is 27.3 Å². The Morgan fingerprint density at radius 2 is 1.90 bits per heavy atom. The van der Waals surface area contributed by atoms with E-state index >= 15 is 0 Å². The number of aromatic hydroxyl groups is 1. The fourth-order valence-electron chi connectivity index (χ4n) is 2.23. The second kappa shape index (κ2) is 5.80. The molecule has 2 rings (SSSR count). The number of nitrogens with two attached hydrogens (primary N) is 1. The fraction of sp³-hybridized carbons (Fsp3) is 0.200. The minimum absolute atomic E-state index is 0.0802. The third-order valence-corrected chi connectivity index (χ3v) is 3.33. The minimum atomic E-state index is -0.813. The zero-order valence-electron chi connectivity index (χ0n) is 11.5. The van der Waals surface area contributed by atoms with Crippen LogP contribution in [0.5, 0.6) is 5.75 Å². The standard InChI is InChI=1S/C15H16N2O4/c1-9-12(10-2-4-11(19)5-3-10)8-13(14(16)20)15(21)17(9)6-7-18/h2-5,8,18-19H,6-7H2,1H3,(H2,16,20). The summed E-state index contributed by atoms with van der Waals surface area (Å²) >= 11 is 0. The number of nitrogens with zero attached hydrogens (tertiary/aromatic N) is 1. The summed E-state index contributed by atoms with van der Waals surface area (Å²) in [6.07, 6.45) is 0. The number of aliphatic hydroxyl groups excluding tert-OH is 1. The van der Waals surface area contributed by atoms with Crippen molar-refractivity contribution >= 4 is 5.91 Å².